The zero-order valence-corrected chi connectivity index (χ0v) is 30.9. The SMILES string of the molecule is c1ccc(-c2ccc(-c3nc(-c4ccccc4)nc(-c4ccc5c6ccc(-c7ccccc7)cc6n(-c6cc7ccccc7c7ccccc67)c5c4)n3)cc2)cc1. The van der Waals surface area contributed by atoms with Crippen LogP contribution in [-0.4, -0.2) is 19.5 Å². The van der Waals surface area contributed by atoms with Gasteiger partial charge in [0.1, 0.15) is 0 Å². The van der Waals surface area contributed by atoms with E-state index in [-0.39, 0.29) is 0 Å². The third-order valence-corrected chi connectivity index (χ3v) is 11.0. The van der Waals surface area contributed by atoms with Crippen molar-refractivity contribution in [2.75, 3.05) is 0 Å². The molecule has 0 amide bonds. The second-order valence-corrected chi connectivity index (χ2v) is 14.4. The Kier molecular flexibility index (Phi) is 7.78. The van der Waals surface area contributed by atoms with E-state index in [0.717, 1.165) is 39.0 Å². The van der Waals surface area contributed by atoms with E-state index < -0.39 is 0 Å². The molecule has 9 aromatic carbocycles. The van der Waals surface area contributed by atoms with Gasteiger partial charge in [0.25, 0.3) is 0 Å². The predicted octanol–water partition coefficient (Wildman–Crippen LogP) is 13.6. The summed E-state index contributed by atoms with van der Waals surface area (Å²) in [7, 11) is 0. The topological polar surface area (TPSA) is 43.6 Å². The first-order valence-corrected chi connectivity index (χ1v) is 19.3. The number of hydrogen-bond acceptors (Lipinski definition) is 3. The molecule has 0 N–H and O–H groups in total. The van der Waals surface area contributed by atoms with Crippen molar-refractivity contribution in [3.05, 3.63) is 206 Å². The zero-order valence-electron chi connectivity index (χ0n) is 30.9. The predicted molar refractivity (Wildman–Crippen MR) is 236 cm³/mol. The van der Waals surface area contributed by atoms with Crippen molar-refractivity contribution in [2.24, 2.45) is 0 Å². The van der Waals surface area contributed by atoms with Gasteiger partial charge in [-0.3, -0.25) is 0 Å². The highest BCUT2D eigenvalue weighted by molar-refractivity contribution is 6.16. The lowest BCUT2D eigenvalue weighted by molar-refractivity contribution is 1.07. The van der Waals surface area contributed by atoms with Crippen molar-refractivity contribution in [2.45, 2.75) is 0 Å². The monoisotopic (exact) mass is 726 g/mol. The molecule has 0 unspecified atom stereocenters. The molecule has 2 heterocycles. The van der Waals surface area contributed by atoms with E-state index in [1.54, 1.807) is 0 Å². The van der Waals surface area contributed by atoms with Gasteiger partial charge in [-0.1, -0.05) is 188 Å². The van der Waals surface area contributed by atoms with Gasteiger partial charge in [0.05, 0.1) is 16.7 Å². The molecule has 2 aromatic heterocycles. The maximum atomic E-state index is 5.18. The molecule has 0 aliphatic rings. The zero-order chi connectivity index (χ0) is 37.7. The molecule has 0 radical (unpaired) electrons. The van der Waals surface area contributed by atoms with Gasteiger partial charge in [0.2, 0.25) is 0 Å². The molecular formula is C53H34N4. The quantitative estimate of drug-likeness (QED) is 0.160. The summed E-state index contributed by atoms with van der Waals surface area (Å²) >= 11 is 0. The summed E-state index contributed by atoms with van der Waals surface area (Å²) in [5.41, 5.74) is 10.8. The van der Waals surface area contributed by atoms with E-state index in [9.17, 15) is 0 Å². The number of hydrogen-bond donors (Lipinski definition) is 0. The lowest BCUT2D eigenvalue weighted by atomic mass is 10.00. The van der Waals surface area contributed by atoms with Crippen molar-refractivity contribution >= 4 is 43.4 Å². The maximum Gasteiger partial charge on any atom is 0.164 e. The first-order valence-electron chi connectivity index (χ1n) is 19.3. The highest BCUT2D eigenvalue weighted by atomic mass is 15.0. The minimum atomic E-state index is 0.623. The number of nitrogens with zero attached hydrogens (tertiary/aromatic N) is 4. The van der Waals surface area contributed by atoms with Crippen molar-refractivity contribution < 1.29 is 0 Å². The van der Waals surface area contributed by atoms with Gasteiger partial charge in [0, 0.05) is 32.8 Å². The summed E-state index contributed by atoms with van der Waals surface area (Å²) in [6, 6.07) is 72.9. The highest BCUT2D eigenvalue weighted by Crippen LogP contribution is 2.40. The summed E-state index contributed by atoms with van der Waals surface area (Å²) < 4.78 is 2.44. The molecule has 0 saturated heterocycles. The number of benzene rings is 9. The van der Waals surface area contributed by atoms with Crippen molar-refractivity contribution in [1.29, 1.82) is 0 Å². The molecule has 0 aliphatic heterocycles. The lowest BCUT2D eigenvalue weighted by Gasteiger charge is -2.15. The van der Waals surface area contributed by atoms with Gasteiger partial charge in [-0.2, -0.15) is 0 Å². The average molecular weight is 727 g/mol. The normalized spacial score (nSPS) is 11.5. The number of aromatic nitrogens is 4. The fourth-order valence-corrected chi connectivity index (χ4v) is 8.24. The molecule has 0 fully saturated rings. The lowest BCUT2D eigenvalue weighted by Crippen LogP contribution is -2.01. The second-order valence-electron chi connectivity index (χ2n) is 14.4. The summed E-state index contributed by atoms with van der Waals surface area (Å²) in [5.74, 6) is 1.89. The Bertz CT molecular complexity index is 3260. The van der Waals surface area contributed by atoms with Crippen LogP contribution in [0.3, 0.4) is 0 Å². The first kappa shape index (κ1) is 32.7. The molecule has 11 aromatic rings. The highest BCUT2D eigenvalue weighted by Gasteiger charge is 2.19. The molecule has 266 valence electrons. The average Bonchev–Trinajstić information content (AvgIpc) is 3.62. The summed E-state index contributed by atoms with van der Waals surface area (Å²) in [4.78, 5) is 15.4. The van der Waals surface area contributed by atoms with Crippen LogP contribution in [0.25, 0.3) is 105 Å². The van der Waals surface area contributed by atoms with E-state index in [4.69, 9.17) is 15.0 Å². The Hall–Kier alpha value is -7.69. The van der Waals surface area contributed by atoms with Crippen LogP contribution in [-0.2, 0) is 0 Å². The molecule has 4 nitrogen and oxygen atoms in total. The van der Waals surface area contributed by atoms with Crippen molar-refractivity contribution in [3.8, 4) is 62.1 Å². The van der Waals surface area contributed by atoms with Gasteiger partial charge < -0.3 is 4.57 Å². The third-order valence-electron chi connectivity index (χ3n) is 11.0. The van der Waals surface area contributed by atoms with Crippen LogP contribution in [0.2, 0.25) is 0 Å². The standard InChI is InChI=1S/C53H34N4/c1-4-14-35(15-5-1)37-24-26-39(27-25-37)52-54-51(38-18-8-3-9-19-38)55-53(56-52)42-29-31-47-46-30-28-40(36-16-6-2-7-17-36)32-48(46)57(50(47)34-42)49-33-41-20-10-11-21-43(41)44-22-12-13-23-45(44)49/h1-34H. The maximum absolute atomic E-state index is 5.18. The van der Waals surface area contributed by atoms with Crippen LogP contribution in [0.1, 0.15) is 0 Å². The second kappa shape index (κ2) is 13.6. The Morgan fingerprint density at radius 1 is 0.263 bits per heavy atom. The Balaban J connectivity index is 1.16. The molecule has 4 heteroatoms. The molecule has 0 spiro atoms. The van der Waals surface area contributed by atoms with Crippen LogP contribution < -0.4 is 0 Å². The number of fused-ring (bicyclic) bond motifs is 6. The Morgan fingerprint density at radius 2 is 0.667 bits per heavy atom. The molecule has 0 aliphatic carbocycles. The van der Waals surface area contributed by atoms with Crippen LogP contribution >= 0.6 is 0 Å². The van der Waals surface area contributed by atoms with E-state index in [1.807, 2.05) is 24.3 Å². The van der Waals surface area contributed by atoms with Crippen LogP contribution in [0.4, 0.5) is 0 Å². The minimum Gasteiger partial charge on any atom is -0.309 e. The fourth-order valence-electron chi connectivity index (χ4n) is 8.24. The molecule has 0 saturated carbocycles. The van der Waals surface area contributed by atoms with E-state index in [2.05, 4.69) is 187 Å². The van der Waals surface area contributed by atoms with Crippen molar-refractivity contribution in [1.82, 2.24) is 19.5 Å². The largest absolute Gasteiger partial charge is 0.309 e. The van der Waals surface area contributed by atoms with Crippen LogP contribution in [0.5, 0.6) is 0 Å². The number of rotatable bonds is 6. The van der Waals surface area contributed by atoms with Crippen LogP contribution in [0.15, 0.2) is 206 Å². The fraction of sp³-hybridized carbons (Fsp3) is 0. The molecular weight excluding hydrogens is 693 g/mol. The van der Waals surface area contributed by atoms with Gasteiger partial charge in [-0.15, -0.1) is 0 Å². The summed E-state index contributed by atoms with van der Waals surface area (Å²) in [6.07, 6.45) is 0. The van der Waals surface area contributed by atoms with Crippen LogP contribution in [0, 0.1) is 0 Å². The van der Waals surface area contributed by atoms with Gasteiger partial charge in [0.15, 0.2) is 17.5 Å². The molecule has 0 bridgehead atoms. The summed E-state index contributed by atoms with van der Waals surface area (Å²) in [6.45, 7) is 0. The van der Waals surface area contributed by atoms with Gasteiger partial charge in [-0.25, -0.2) is 15.0 Å². The summed E-state index contributed by atoms with van der Waals surface area (Å²) in [5, 5.41) is 7.21. The van der Waals surface area contributed by atoms with E-state index in [1.165, 1.54) is 49.0 Å². The van der Waals surface area contributed by atoms with E-state index >= 15 is 0 Å². The van der Waals surface area contributed by atoms with E-state index in [0.29, 0.717) is 17.5 Å². The van der Waals surface area contributed by atoms with Gasteiger partial charge >= 0.3 is 0 Å². The van der Waals surface area contributed by atoms with Gasteiger partial charge in [-0.05, 0) is 56.6 Å². The first-order chi connectivity index (χ1) is 28.2. The minimum absolute atomic E-state index is 0.623. The Labute approximate surface area is 330 Å². The smallest absolute Gasteiger partial charge is 0.164 e. The molecule has 0 atom stereocenters. The molecule has 11 rings (SSSR count). The third kappa shape index (κ3) is 5.74. The Morgan fingerprint density at radius 3 is 1.30 bits per heavy atom. The molecule has 57 heavy (non-hydrogen) atoms. The van der Waals surface area contributed by atoms with Crippen molar-refractivity contribution in [3.63, 3.8) is 0 Å².